The third kappa shape index (κ3) is 3.18. The number of rotatable bonds is 3. The van der Waals surface area contributed by atoms with Crippen LogP contribution in [-0.2, 0) is 6.42 Å². The molecule has 0 fully saturated rings. The van der Waals surface area contributed by atoms with E-state index in [1.807, 2.05) is 0 Å². The fourth-order valence-corrected chi connectivity index (χ4v) is 3.76. The molecular weight excluding hydrogens is 294 g/mol. The zero-order chi connectivity index (χ0) is 12.4. The Balaban J connectivity index is 2.18. The predicted molar refractivity (Wildman–Crippen MR) is 78.6 cm³/mol. The summed E-state index contributed by atoms with van der Waals surface area (Å²) in [4.78, 5) is 0. The number of hydrogen-bond donors (Lipinski definition) is 1. The van der Waals surface area contributed by atoms with Gasteiger partial charge in [-0.05, 0) is 52.7 Å². The van der Waals surface area contributed by atoms with Crippen LogP contribution in [0.5, 0.6) is 0 Å². The fraction of sp³-hybridized carbons (Fsp3) is 0.286. The van der Waals surface area contributed by atoms with Gasteiger partial charge < -0.3 is 5.73 Å². The molecule has 1 nitrogen and oxygen atoms in total. The summed E-state index contributed by atoms with van der Waals surface area (Å²) in [7, 11) is 0. The highest BCUT2D eigenvalue weighted by Crippen LogP contribution is 2.28. The molecule has 0 aliphatic heterocycles. The molecule has 1 heterocycles. The van der Waals surface area contributed by atoms with Gasteiger partial charge in [0.15, 0.2) is 0 Å². The largest absolute Gasteiger partial charge is 0.324 e. The van der Waals surface area contributed by atoms with Crippen LogP contribution in [0.15, 0.2) is 33.4 Å². The molecule has 0 spiro atoms. The minimum atomic E-state index is 0.0665. The van der Waals surface area contributed by atoms with E-state index in [9.17, 15) is 0 Å². The normalized spacial score (nSPS) is 12.7. The van der Waals surface area contributed by atoms with Crippen molar-refractivity contribution < 1.29 is 0 Å². The smallest absolute Gasteiger partial charge is 0.0355 e. The zero-order valence-corrected chi connectivity index (χ0v) is 12.4. The molecule has 90 valence electrons. The lowest BCUT2D eigenvalue weighted by molar-refractivity contribution is 0.721. The minimum Gasteiger partial charge on any atom is -0.324 e. The van der Waals surface area contributed by atoms with Crippen LogP contribution in [0.4, 0.5) is 0 Å². The summed E-state index contributed by atoms with van der Waals surface area (Å²) in [6, 6.07) is 6.69. The van der Waals surface area contributed by atoms with Crippen molar-refractivity contribution in [3.8, 4) is 0 Å². The topological polar surface area (TPSA) is 26.0 Å². The van der Waals surface area contributed by atoms with Crippen molar-refractivity contribution in [1.29, 1.82) is 0 Å². The van der Waals surface area contributed by atoms with E-state index in [1.54, 1.807) is 11.3 Å². The third-order valence-corrected chi connectivity index (χ3v) is 4.53. The highest BCUT2D eigenvalue weighted by Gasteiger charge is 2.11. The van der Waals surface area contributed by atoms with Gasteiger partial charge in [0.2, 0.25) is 0 Å². The lowest BCUT2D eigenvalue weighted by atomic mass is 9.99. The van der Waals surface area contributed by atoms with Crippen LogP contribution in [0, 0.1) is 13.8 Å². The predicted octanol–water partition coefficient (Wildman–Crippen LogP) is 4.37. The number of benzene rings is 1. The van der Waals surface area contributed by atoms with Crippen LogP contribution in [-0.4, -0.2) is 0 Å². The standard InChI is InChI=1S/C14H16BrNS/c1-9-3-10(2)5-11(4-9)6-14(16)12-7-17-8-13(12)15/h3-5,7-8,14H,6,16H2,1-2H3. The van der Waals surface area contributed by atoms with E-state index in [4.69, 9.17) is 5.73 Å². The minimum absolute atomic E-state index is 0.0665. The van der Waals surface area contributed by atoms with Crippen LogP contribution in [0.1, 0.15) is 28.3 Å². The van der Waals surface area contributed by atoms with Crippen molar-refractivity contribution in [3.05, 3.63) is 55.7 Å². The summed E-state index contributed by atoms with van der Waals surface area (Å²) in [6.07, 6.45) is 0.887. The molecule has 2 aromatic rings. The van der Waals surface area contributed by atoms with Crippen LogP contribution in [0.3, 0.4) is 0 Å². The van der Waals surface area contributed by atoms with Gasteiger partial charge in [0.05, 0.1) is 0 Å². The maximum Gasteiger partial charge on any atom is 0.0355 e. The Hall–Kier alpha value is -0.640. The van der Waals surface area contributed by atoms with Gasteiger partial charge in [0.1, 0.15) is 0 Å². The first-order chi connectivity index (χ1) is 8.06. The Morgan fingerprint density at radius 2 is 1.82 bits per heavy atom. The Labute approximate surface area is 115 Å². The molecule has 2 N–H and O–H groups in total. The molecule has 0 saturated carbocycles. The van der Waals surface area contributed by atoms with Crippen molar-refractivity contribution >= 4 is 27.3 Å². The molecule has 0 aliphatic carbocycles. The summed E-state index contributed by atoms with van der Waals surface area (Å²) in [6.45, 7) is 4.26. The van der Waals surface area contributed by atoms with Crippen molar-refractivity contribution in [2.45, 2.75) is 26.3 Å². The van der Waals surface area contributed by atoms with Gasteiger partial charge in [-0.25, -0.2) is 0 Å². The molecule has 1 unspecified atom stereocenters. The van der Waals surface area contributed by atoms with Crippen molar-refractivity contribution in [3.63, 3.8) is 0 Å². The molecule has 0 saturated heterocycles. The molecule has 3 heteroatoms. The van der Waals surface area contributed by atoms with Gasteiger partial charge in [0.25, 0.3) is 0 Å². The molecule has 1 aromatic heterocycles. The van der Waals surface area contributed by atoms with Gasteiger partial charge in [-0.15, -0.1) is 0 Å². The van der Waals surface area contributed by atoms with Crippen LogP contribution in [0.2, 0.25) is 0 Å². The number of halogens is 1. The average Bonchev–Trinajstić information content (AvgIpc) is 2.62. The van der Waals surface area contributed by atoms with Crippen molar-refractivity contribution in [2.24, 2.45) is 5.73 Å². The van der Waals surface area contributed by atoms with Gasteiger partial charge in [-0.3, -0.25) is 0 Å². The summed E-state index contributed by atoms with van der Waals surface area (Å²) >= 11 is 5.22. The molecule has 1 atom stereocenters. The Morgan fingerprint density at radius 1 is 1.18 bits per heavy atom. The zero-order valence-electron chi connectivity index (χ0n) is 10.0. The van der Waals surface area contributed by atoms with Gasteiger partial charge >= 0.3 is 0 Å². The fourth-order valence-electron chi connectivity index (χ4n) is 2.11. The number of thiophene rings is 1. The second kappa shape index (κ2) is 5.34. The monoisotopic (exact) mass is 309 g/mol. The van der Waals surface area contributed by atoms with Crippen molar-refractivity contribution in [1.82, 2.24) is 0 Å². The Morgan fingerprint density at radius 3 is 2.35 bits per heavy atom. The third-order valence-electron chi connectivity index (χ3n) is 2.78. The molecule has 0 radical (unpaired) electrons. The van der Waals surface area contributed by atoms with Crippen molar-refractivity contribution in [2.75, 3.05) is 0 Å². The quantitative estimate of drug-likeness (QED) is 0.895. The Kier molecular flexibility index (Phi) is 4.02. The summed E-state index contributed by atoms with van der Waals surface area (Å²) in [5.74, 6) is 0. The van der Waals surface area contributed by atoms with E-state index in [0.29, 0.717) is 0 Å². The van der Waals surface area contributed by atoms with Crippen LogP contribution >= 0.6 is 27.3 Å². The van der Waals surface area contributed by atoms with E-state index >= 15 is 0 Å². The van der Waals surface area contributed by atoms with E-state index in [2.05, 4.69) is 58.7 Å². The highest BCUT2D eigenvalue weighted by molar-refractivity contribution is 9.10. The number of hydrogen-bond acceptors (Lipinski definition) is 2. The molecule has 0 bridgehead atoms. The molecule has 1 aromatic carbocycles. The summed E-state index contributed by atoms with van der Waals surface area (Å²) in [5.41, 5.74) is 11.4. The van der Waals surface area contributed by atoms with Crippen LogP contribution in [0.25, 0.3) is 0 Å². The van der Waals surface area contributed by atoms with Gasteiger partial charge in [-0.2, -0.15) is 11.3 Å². The average molecular weight is 310 g/mol. The molecular formula is C14H16BrNS. The van der Waals surface area contributed by atoms with E-state index in [-0.39, 0.29) is 6.04 Å². The molecule has 2 rings (SSSR count). The summed E-state index contributed by atoms with van der Waals surface area (Å²) < 4.78 is 1.12. The molecule has 0 amide bonds. The lowest BCUT2D eigenvalue weighted by Crippen LogP contribution is -2.13. The van der Waals surface area contributed by atoms with Gasteiger partial charge in [0, 0.05) is 15.9 Å². The van der Waals surface area contributed by atoms with E-state index in [0.717, 1.165) is 10.9 Å². The van der Waals surface area contributed by atoms with E-state index < -0.39 is 0 Å². The van der Waals surface area contributed by atoms with E-state index in [1.165, 1.54) is 22.3 Å². The second-order valence-corrected chi connectivity index (χ2v) is 6.08. The number of nitrogens with two attached hydrogens (primary N) is 1. The van der Waals surface area contributed by atoms with Crippen LogP contribution < -0.4 is 5.73 Å². The molecule has 0 aliphatic rings. The first-order valence-corrected chi connectivity index (χ1v) is 7.34. The number of aryl methyl sites for hydroxylation is 2. The second-order valence-electron chi connectivity index (χ2n) is 4.48. The summed E-state index contributed by atoms with van der Waals surface area (Å²) in [5, 5.41) is 4.20. The lowest BCUT2D eigenvalue weighted by Gasteiger charge is -2.12. The van der Waals surface area contributed by atoms with Gasteiger partial charge in [-0.1, -0.05) is 29.3 Å². The first-order valence-electron chi connectivity index (χ1n) is 5.60. The first kappa shape index (κ1) is 12.8. The maximum absolute atomic E-state index is 6.25. The SMILES string of the molecule is Cc1cc(C)cc(CC(N)c2cscc2Br)c1. The maximum atomic E-state index is 6.25. The molecule has 17 heavy (non-hydrogen) atoms. The Bertz CT molecular complexity index is 498. The highest BCUT2D eigenvalue weighted by atomic mass is 79.9.